The number of aliphatic hydroxyl groups is 2. The number of aromatic nitrogens is 4. The standard InChI is InChI=1S/C14H22N6O3/c1-2-3-16-5-8-4-9(21)11(22)14(23-8)20-7-19-10-12(15)17-6-18-13(10)20/h6-9,11,14,16,21-22H,2-5H2,1H3,(H2,15,17,18)/t8-,9?,11?,14?/m1/s1. The van der Waals surface area contributed by atoms with Crippen molar-refractivity contribution in [3.05, 3.63) is 12.7 Å². The maximum atomic E-state index is 10.3. The molecule has 23 heavy (non-hydrogen) atoms. The lowest BCUT2D eigenvalue weighted by atomic mass is 10.0. The molecule has 0 bridgehead atoms. The number of nitrogen functional groups attached to an aromatic ring is 1. The predicted molar refractivity (Wildman–Crippen MR) is 83.4 cm³/mol. The van der Waals surface area contributed by atoms with E-state index in [9.17, 15) is 10.2 Å². The summed E-state index contributed by atoms with van der Waals surface area (Å²) in [5.41, 5.74) is 6.70. The van der Waals surface area contributed by atoms with Gasteiger partial charge in [-0.15, -0.1) is 0 Å². The summed E-state index contributed by atoms with van der Waals surface area (Å²) in [4.78, 5) is 12.2. The Bertz CT molecular complexity index is 663. The molecule has 0 amide bonds. The topological polar surface area (TPSA) is 131 Å². The van der Waals surface area contributed by atoms with Crippen LogP contribution < -0.4 is 11.1 Å². The van der Waals surface area contributed by atoms with E-state index in [1.54, 1.807) is 4.57 Å². The highest BCUT2D eigenvalue weighted by Gasteiger charge is 2.38. The smallest absolute Gasteiger partial charge is 0.167 e. The van der Waals surface area contributed by atoms with Crippen molar-refractivity contribution in [2.24, 2.45) is 0 Å². The van der Waals surface area contributed by atoms with E-state index >= 15 is 0 Å². The largest absolute Gasteiger partial charge is 0.390 e. The Kier molecular flexibility index (Phi) is 4.71. The van der Waals surface area contributed by atoms with Crippen LogP contribution in [0.2, 0.25) is 0 Å². The zero-order chi connectivity index (χ0) is 16.4. The number of hydrogen-bond acceptors (Lipinski definition) is 8. The zero-order valence-electron chi connectivity index (χ0n) is 13.0. The summed E-state index contributed by atoms with van der Waals surface area (Å²) in [6.45, 7) is 3.57. The average molecular weight is 322 g/mol. The number of ether oxygens (including phenoxy) is 1. The van der Waals surface area contributed by atoms with E-state index in [1.165, 1.54) is 12.7 Å². The van der Waals surface area contributed by atoms with Gasteiger partial charge in [0, 0.05) is 13.0 Å². The van der Waals surface area contributed by atoms with Crippen molar-refractivity contribution in [1.29, 1.82) is 0 Å². The lowest BCUT2D eigenvalue weighted by Crippen LogP contribution is -2.48. The van der Waals surface area contributed by atoms with Gasteiger partial charge in [0.25, 0.3) is 0 Å². The molecule has 0 spiro atoms. The molecule has 1 fully saturated rings. The van der Waals surface area contributed by atoms with Gasteiger partial charge in [0.2, 0.25) is 0 Å². The van der Waals surface area contributed by atoms with Gasteiger partial charge >= 0.3 is 0 Å². The van der Waals surface area contributed by atoms with Gasteiger partial charge in [-0.2, -0.15) is 0 Å². The van der Waals surface area contributed by atoms with Gasteiger partial charge < -0.3 is 26.0 Å². The molecule has 0 radical (unpaired) electrons. The summed E-state index contributed by atoms with van der Waals surface area (Å²) in [6, 6.07) is 0. The van der Waals surface area contributed by atoms with Crippen molar-refractivity contribution in [3.8, 4) is 0 Å². The number of rotatable bonds is 5. The number of fused-ring (bicyclic) bond motifs is 1. The molecule has 2 aromatic heterocycles. The highest BCUT2D eigenvalue weighted by molar-refractivity contribution is 5.81. The molecule has 0 aromatic carbocycles. The van der Waals surface area contributed by atoms with Crippen LogP contribution in [0.4, 0.5) is 5.82 Å². The Balaban J connectivity index is 1.85. The van der Waals surface area contributed by atoms with Crippen LogP contribution in [0.3, 0.4) is 0 Å². The maximum absolute atomic E-state index is 10.3. The highest BCUT2D eigenvalue weighted by atomic mass is 16.5. The van der Waals surface area contributed by atoms with Crippen LogP contribution in [0.5, 0.6) is 0 Å². The molecule has 9 heteroatoms. The first-order chi connectivity index (χ1) is 11.1. The average Bonchev–Trinajstić information content (AvgIpc) is 2.96. The summed E-state index contributed by atoms with van der Waals surface area (Å²) in [5, 5.41) is 23.7. The van der Waals surface area contributed by atoms with Crippen LogP contribution in [-0.4, -0.2) is 61.1 Å². The third-order valence-electron chi connectivity index (χ3n) is 3.98. The zero-order valence-corrected chi connectivity index (χ0v) is 13.0. The van der Waals surface area contributed by atoms with E-state index in [1.807, 2.05) is 0 Å². The minimum Gasteiger partial charge on any atom is -0.390 e. The number of imidazole rings is 1. The van der Waals surface area contributed by atoms with Crippen LogP contribution in [0, 0.1) is 0 Å². The first-order valence-electron chi connectivity index (χ1n) is 7.77. The van der Waals surface area contributed by atoms with E-state index in [2.05, 4.69) is 27.2 Å². The summed E-state index contributed by atoms with van der Waals surface area (Å²) in [7, 11) is 0. The summed E-state index contributed by atoms with van der Waals surface area (Å²) >= 11 is 0. The highest BCUT2D eigenvalue weighted by Crippen LogP contribution is 2.30. The van der Waals surface area contributed by atoms with Gasteiger partial charge in [0.1, 0.15) is 17.9 Å². The molecule has 5 N–H and O–H groups in total. The number of hydrogen-bond donors (Lipinski definition) is 4. The third-order valence-corrected chi connectivity index (χ3v) is 3.98. The summed E-state index contributed by atoms with van der Waals surface area (Å²) in [5.74, 6) is 0.265. The minimum absolute atomic E-state index is 0.207. The second kappa shape index (κ2) is 6.75. The van der Waals surface area contributed by atoms with Crippen LogP contribution in [0.1, 0.15) is 26.0 Å². The normalized spacial score (nSPS) is 28.3. The lowest BCUT2D eigenvalue weighted by Gasteiger charge is -2.37. The molecule has 4 atom stereocenters. The van der Waals surface area contributed by atoms with Crippen LogP contribution in [0.25, 0.3) is 11.2 Å². The molecule has 0 aliphatic carbocycles. The van der Waals surface area contributed by atoms with Crippen molar-refractivity contribution in [1.82, 2.24) is 24.8 Å². The summed E-state index contributed by atoms with van der Waals surface area (Å²) < 4.78 is 7.55. The third kappa shape index (κ3) is 3.13. The molecule has 1 saturated heterocycles. The van der Waals surface area contributed by atoms with Crippen molar-refractivity contribution in [2.75, 3.05) is 18.8 Å². The number of nitrogens with one attached hydrogen (secondary N) is 1. The molecular formula is C14H22N6O3. The Hall–Kier alpha value is -1.81. The van der Waals surface area contributed by atoms with Gasteiger partial charge in [-0.1, -0.05) is 6.92 Å². The van der Waals surface area contributed by atoms with Crippen LogP contribution in [0.15, 0.2) is 12.7 Å². The minimum atomic E-state index is -1.06. The molecule has 9 nitrogen and oxygen atoms in total. The molecule has 2 aromatic rings. The van der Waals surface area contributed by atoms with Crippen molar-refractivity contribution >= 4 is 17.0 Å². The van der Waals surface area contributed by atoms with E-state index < -0.39 is 18.4 Å². The van der Waals surface area contributed by atoms with Gasteiger partial charge in [0.05, 0.1) is 18.5 Å². The van der Waals surface area contributed by atoms with Crippen LogP contribution in [-0.2, 0) is 4.74 Å². The fourth-order valence-corrected chi connectivity index (χ4v) is 2.79. The monoisotopic (exact) mass is 322 g/mol. The number of nitrogens with zero attached hydrogens (tertiary/aromatic N) is 4. The molecule has 126 valence electrons. The lowest BCUT2D eigenvalue weighted by molar-refractivity contribution is -0.195. The van der Waals surface area contributed by atoms with E-state index in [0.29, 0.717) is 24.1 Å². The Morgan fingerprint density at radius 1 is 1.39 bits per heavy atom. The number of aliphatic hydroxyl groups excluding tert-OH is 2. The molecule has 3 unspecified atom stereocenters. The fourth-order valence-electron chi connectivity index (χ4n) is 2.79. The molecular weight excluding hydrogens is 300 g/mol. The van der Waals surface area contributed by atoms with Gasteiger partial charge in [-0.05, 0) is 13.0 Å². The SMILES string of the molecule is CCCNC[C@H]1CC(O)C(O)C(n2cnc3c(N)ncnc32)O1. The van der Waals surface area contributed by atoms with Crippen molar-refractivity contribution in [2.45, 2.75) is 44.3 Å². The first kappa shape index (κ1) is 16.1. The van der Waals surface area contributed by atoms with Gasteiger partial charge in [0.15, 0.2) is 17.7 Å². The van der Waals surface area contributed by atoms with Gasteiger partial charge in [-0.25, -0.2) is 15.0 Å². The predicted octanol–water partition coefficient (Wildman–Crippen LogP) is -0.583. The molecule has 1 aliphatic rings. The molecule has 3 rings (SSSR count). The Morgan fingerprint density at radius 3 is 3.00 bits per heavy atom. The fraction of sp³-hybridized carbons (Fsp3) is 0.643. The quantitative estimate of drug-likeness (QED) is 0.538. The molecule has 1 aliphatic heterocycles. The van der Waals surface area contributed by atoms with Crippen molar-refractivity contribution < 1.29 is 14.9 Å². The van der Waals surface area contributed by atoms with E-state index in [4.69, 9.17) is 10.5 Å². The molecule has 0 saturated carbocycles. The summed E-state index contributed by atoms with van der Waals surface area (Å²) in [6.07, 6.45) is 1.31. The van der Waals surface area contributed by atoms with E-state index in [-0.39, 0.29) is 11.9 Å². The number of nitrogens with two attached hydrogens (primary N) is 1. The Morgan fingerprint density at radius 2 is 2.22 bits per heavy atom. The Labute approximate surface area is 133 Å². The number of anilines is 1. The van der Waals surface area contributed by atoms with Crippen LogP contribution >= 0.6 is 0 Å². The second-order valence-electron chi connectivity index (χ2n) is 5.73. The van der Waals surface area contributed by atoms with Crippen molar-refractivity contribution in [3.63, 3.8) is 0 Å². The molecule has 3 heterocycles. The first-order valence-corrected chi connectivity index (χ1v) is 7.77. The maximum Gasteiger partial charge on any atom is 0.167 e. The van der Waals surface area contributed by atoms with E-state index in [0.717, 1.165) is 13.0 Å². The van der Waals surface area contributed by atoms with Gasteiger partial charge in [-0.3, -0.25) is 4.57 Å². The second-order valence-corrected chi connectivity index (χ2v) is 5.73.